The molecule has 1 aliphatic rings. The van der Waals surface area contributed by atoms with Crippen LogP contribution in [-0.4, -0.2) is 31.5 Å². The third kappa shape index (κ3) is 3.80. The van der Waals surface area contributed by atoms with Gasteiger partial charge in [0.2, 0.25) is 0 Å². The molecule has 3 heterocycles. The smallest absolute Gasteiger partial charge is 0.279 e. The van der Waals surface area contributed by atoms with Gasteiger partial charge in [0.05, 0.1) is 11.8 Å². The van der Waals surface area contributed by atoms with Crippen LogP contribution in [0.25, 0.3) is 5.65 Å². The standard InChI is InChI=1S/C24H21F2N5O2/c1-29-21-9-10-30(13-15-5-3-2-4-6-15)14-18(21)24(33)31-23(29)17(12-27-31)22(32)28-16-7-8-19(25)20(26)11-16/h2-8,11-12H,9-10,13-14H2,1H3,(H,28,32). The van der Waals surface area contributed by atoms with E-state index in [1.54, 1.807) is 7.05 Å². The highest BCUT2D eigenvalue weighted by Crippen LogP contribution is 2.22. The Balaban J connectivity index is 1.47. The first-order chi connectivity index (χ1) is 15.9. The van der Waals surface area contributed by atoms with Crippen LogP contribution in [0.15, 0.2) is 59.5 Å². The summed E-state index contributed by atoms with van der Waals surface area (Å²) in [6.45, 7) is 2.00. The Morgan fingerprint density at radius 3 is 2.67 bits per heavy atom. The number of carbonyl (C=O) groups is 1. The summed E-state index contributed by atoms with van der Waals surface area (Å²) < 4.78 is 29.7. The van der Waals surface area contributed by atoms with Crippen LogP contribution >= 0.6 is 0 Å². The highest BCUT2D eigenvalue weighted by molar-refractivity contribution is 6.08. The summed E-state index contributed by atoms with van der Waals surface area (Å²) in [6.07, 6.45) is 1.97. The van der Waals surface area contributed by atoms with E-state index in [-0.39, 0.29) is 16.8 Å². The predicted molar refractivity (Wildman–Crippen MR) is 119 cm³/mol. The van der Waals surface area contributed by atoms with Crippen LogP contribution in [0.3, 0.4) is 0 Å². The van der Waals surface area contributed by atoms with Gasteiger partial charge >= 0.3 is 0 Å². The topological polar surface area (TPSA) is 71.6 Å². The Hall–Kier alpha value is -3.85. The van der Waals surface area contributed by atoms with Crippen LogP contribution < -0.4 is 10.9 Å². The number of amides is 1. The van der Waals surface area contributed by atoms with Crippen molar-refractivity contribution in [3.05, 3.63) is 99.1 Å². The number of nitrogens with one attached hydrogen (secondary N) is 1. The Morgan fingerprint density at radius 2 is 1.91 bits per heavy atom. The minimum absolute atomic E-state index is 0.109. The molecule has 7 nitrogen and oxygen atoms in total. The minimum Gasteiger partial charge on any atom is -0.332 e. The monoisotopic (exact) mass is 449 g/mol. The maximum Gasteiger partial charge on any atom is 0.279 e. The predicted octanol–water partition coefficient (Wildman–Crippen LogP) is 3.12. The van der Waals surface area contributed by atoms with Crippen LogP contribution in [0.4, 0.5) is 14.5 Å². The van der Waals surface area contributed by atoms with E-state index in [0.29, 0.717) is 24.2 Å². The lowest BCUT2D eigenvalue weighted by atomic mass is 10.1. The van der Waals surface area contributed by atoms with Gasteiger partial charge < -0.3 is 9.88 Å². The number of aromatic nitrogens is 3. The average molecular weight is 449 g/mol. The number of hydrogen-bond donors (Lipinski definition) is 1. The van der Waals surface area contributed by atoms with Gasteiger partial charge in [-0.15, -0.1) is 0 Å². The van der Waals surface area contributed by atoms with E-state index in [0.717, 1.165) is 30.9 Å². The molecule has 9 heteroatoms. The van der Waals surface area contributed by atoms with E-state index < -0.39 is 17.5 Å². The van der Waals surface area contributed by atoms with E-state index in [2.05, 4.69) is 27.4 Å². The number of fused-ring (bicyclic) bond motifs is 2. The third-order valence-electron chi connectivity index (χ3n) is 5.98. The summed E-state index contributed by atoms with van der Waals surface area (Å²) in [5.74, 6) is -2.62. The molecular formula is C24H21F2N5O2. The molecule has 1 N–H and O–H groups in total. The van der Waals surface area contributed by atoms with Gasteiger partial charge in [0, 0.05) is 50.6 Å². The van der Waals surface area contributed by atoms with E-state index in [4.69, 9.17) is 0 Å². The highest BCUT2D eigenvalue weighted by Gasteiger charge is 2.26. The van der Waals surface area contributed by atoms with Crippen molar-refractivity contribution in [2.24, 2.45) is 7.05 Å². The van der Waals surface area contributed by atoms with Crippen molar-refractivity contribution >= 4 is 17.2 Å². The van der Waals surface area contributed by atoms with Gasteiger partial charge in [0.1, 0.15) is 5.56 Å². The number of carbonyl (C=O) groups excluding carboxylic acids is 1. The van der Waals surface area contributed by atoms with E-state index in [1.165, 1.54) is 22.3 Å². The molecule has 168 valence electrons. The molecule has 1 aliphatic heterocycles. The second-order valence-corrected chi connectivity index (χ2v) is 8.11. The molecule has 0 fully saturated rings. The summed E-state index contributed by atoms with van der Waals surface area (Å²) in [7, 11) is 1.80. The second kappa shape index (κ2) is 8.25. The first-order valence-corrected chi connectivity index (χ1v) is 10.5. The van der Waals surface area contributed by atoms with Crippen molar-refractivity contribution in [2.45, 2.75) is 19.5 Å². The normalized spacial score (nSPS) is 13.8. The van der Waals surface area contributed by atoms with Crippen molar-refractivity contribution in [3.8, 4) is 0 Å². The molecule has 1 amide bonds. The minimum atomic E-state index is -1.06. The Morgan fingerprint density at radius 1 is 1.12 bits per heavy atom. The van der Waals surface area contributed by atoms with E-state index >= 15 is 0 Å². The summed E-state index contributed by atoms with van der Waals surface area (Å²) in [4.78, 5) is 28.3. The zero-order valence-electron chi connectivity index (χ0n) is 17.9. The van der Waals surface area contributed by atoms with Gasteiger partial charge in [0.15, 0.2) is 17.3 Å². The van der Waals surface area contributed by atoms with Crippen molar-refractivity contribution in [1.82, 2.24) is 19.1 Å². The number of aryl methyl sites for hydroxylation is 1. The second-order valence-electron chi connectivity index (χ2n) is 8.11. The van der Waals surface area contributed by atoms with Crippen molar-refractivity contribution < 1.29 is 13.6 Å². The van der Waals surface area contributed by atoms with Gasteiger partial charge in [-0.2, -0.15) is 9.61 Å². The summed E-state index contributed by atoms with van der Waals surface area (Å²) in [5.41, 5.74) is 3.07. The van der Waals surface area contributed by atoms with Crippen molar-refractivity contribution in [2.75, 3.05) is 11.9 Å². The molecule has 0 unspecified atom stereocenters. The lowest BCUT2D eigenvalue weighted by Gasteiger charge is -2.29. The lowest BCUT2D eigenvalue weighted by Crippen LogP contribution is -2.38. The largest absolute Gasteiger partial charge is 0.332 e. The average Bonchev–Trinajstić information content (AvgIpc) is 3.26. The fourth-order valence-electron chi connectivity index (χ4n) is 4.35. The van der Waals surface area contributed by atoms with Crippen molar-refractivity contribution in [3.63, 3.8) is 0 Å². The SMILES string of the molecule is Cn1c2c(c(=O)n3ncc(C(=O)Nc4ccc(F)c(F)c4)c13)CN(Cc1ccccc1)CC2. The molecular weight excluding hydrogens is 428 g/mol. The molecule has 4 aromatic rings. The Labute approximate surface area is 187 Å². The molecule has 0 atom stereocenters. The van der Waals surface area contributed by atoms with Crippen LogP contribution in [0.1, 0.15) is 27.2 Å². The van der Waals surface area contributed by atoms with Gasteiger partial charge in [-0.3, -0.25) is 14.5 Å². The lowest BCUT2D eigenvalue weighted by molar-refractivity contribution is 0.102. The summed E-state index contributed by atoms with van der Waals surface area (Å²) >= 11 is 0. The number of rotatable bonds is 4. The molecule has 0 spiro atoms. The molecule has 0 saturated heterocycles. The molecule has 0 aliphatic carbocycles. The van der Waals surface area contributed by atoms with Gasteiger partial charge in [-0.25, -0.2) is 8.78 Å². The third-order valence-corrected chi connectivity index (χ3v) is 5.98. The van der Waals surface area contributed by atoms with Crippen molar-refractivity contribution in [1.29, 1.82) is 0 Å². The molecule has 0 saturated carbocycles. The highest BCUT2D eigenvalue weighted by atomic mass is 19.2. The maximum atomic E-state index is 13.5. The first kappa shape index (κ1) is 21.0. The number of nitrogens with zero attached hydrogens (tertiary/aromatic N) is 4. The molecule has 0 bridgehead atoms. The molecule has 2 aromatic heterocycles. The summed E-state index contributed by atoms with van der Waals surface area (Å²) in [5, 5.41) is 6.70. The van der Waals surface area contributed by atoms with Gasteiger partial charge in [-0.1, -0.05) is 30.3 Å². The van der Waals surface area contributed by atoms with Crippen LogP contribution in [0, 0.1) is 11.6 Å². The number of hydrogen-bond acceptors (Lipinski definition) is 4. The Bertz CT molecular complexity index is 1430. The van der Waals surface area contributed by atoms with Crippen LogP contribution in [-0.2, 0) is 26.6 Å². The zero-order valence-corrected chi connectivity index (χ0v) is 17.9. The van der Waals surface area contributed by atoms with Crippen LogP contribution in [0.2, 0.25) is 0 Å². The van der Waals surface area contributed by atoms with E-state index in [1.807, 2.05) is 22.8 Å². The number of anilines is 1. The fraction of sp³-hybridized carbons (Fsp3) is 0.208. The zero-order chi connectivity index (χ0) is 23.1. The van der Waals surface area contributed by atoms with Crippen LogP contribution in [0.5, 0.6) is 0 Å². The molecule has 33 heavy (non-hydrogen) atoms. The van der Waals surface area contributed by atoms with E-state index in [9.17, 15) is 18.4 Å². The van der Waals surface area contributed by atoms with Gasteiger partial charge in [-0.05, 0) is 17.7 Å². The fourth-order valence-corrected chi connectivity index (χ4v) is 4.35. The summed E-state index contributed by atoms with van der Waals surface area (Å²) in [6, 6.07) is 13.2. The maximum absolute atomic E-state index is 13.5. The molecule has 0 radical (unpaired) electrons. The Kier molecular flexibility index (Phi) is 5.26. The molecule has 5 rings (SSSR count). The quantitative estimate of drug-likeness (QED) is 0.520. The number of benzene rings is 2. The molecule has 2 aromatic carbocycles. The van der Waals surface area contributed by atoms with Gasteiger partial charge in [0.25, 0.3) is 11.5 Å². The number of halogens is 2. The first-order valence-electron chi connectivity index (χ1n) is 10.5.